The number of thiazole rings is 1. The van der Waals surface area contributed by atoms with Crippen LogP contribution in [0.4, 0.5) is 5.13 Å². The summed E-state index contributed by atoms with van der Waals surface area (Å²) in [4.78, 5) is 16.7. The van der Waals surface area contributed by atoms with Gasteiger partial charge in [-0.15, -0.1) is 0 Å². The van der Waals surface area contributed by atoms with Crippen LogP contribution in [0.2, 0.25) is 5.02 Å². The van der Waals surface area contributed by atoms with Crippen LogP contribution in [0, 0.1) is 6.92 Å². The molecule has 0 radical (unpaired) electrons. The van der Waals surface area contributed by atoms with E-state index in [1.807, 2.05) is 6.92 Å². The van der Waals surface area contributed by atoms with Crippen molar-refractivity contribution in [2.45, 2.75) is 18.2 Å². The average molecular weight is 425 g/mol. The lowest BCUT2D eigenvalue weighted by atomic mass is 10.2. The molecule has 0 spiro atoms. The third kappa shape index (κ3) is 4.40. The second-order valence-corrected chi connectivity index (χ2v) is 9.39. The first-order valence-corrected chi connectivity index (χ1v) is 10.9. The van der Waals surface area contributed by atoms with Crippen molar-refractivity contribution in [3.8, 4) is 5.75 Å². The SMILES string of the molecule is COc1ccc(Cl)c2sc(NC(=O)CCS(=O)(=O)c3ccc(C)cc3)nc12. The normalized spacial score (nSPS) is 11.5. The predicted octanol–water partition coefficient (Wildman–Crippen LogP) is 4.07. The Hall–Kier alpha value is -2.16. The monoisotopic (exact) mass is 424 g/mol. The molecule has 0 atom stereocenters. The van der Waals surface area contributed by atoms with Gasteiger partial charge in [0.1, 0.15) is 11.3 Å². The zero-order chi connectivity index (χ0) is 19.6. The second kappa shape index (κ2) is 7.84. The van der Waals surface area contributed by atoms with Crippen molar-refractivity contribution in [2.24, 2.45) is 0 Å². The lowest BCUT2D eigenvalue weighted by Gasteiger charge is -2.05. The van der Waals surface area contributed by atoms with Crippen LogP contribution < -0.4 is 10.1 Å². The number of ether oxygens (including phenoxy) is 1. The molecule has 142 valence electrons. The van der Waals surface area contributed by atoms with Crippen molar-refractivity contribution in [3.63, 3.8) is 0 Å². The molecule has 0 bridgehead atoms. The Labute approximate surface area is 166 Å². The zero-order valence-corrected chi connectivity index (χ0v) is 17.0. The summed E-state index contributed by atoms with van der Waals surface area (Å²) in [5.41, 5.74) is 1.52. The fourth-order valence-electron chi connectivity index (χ4n) is 2.44. The number of nitrogens with one attached hydrogen (secondary N) is 1. The van der Waals surface area contributed by atoms with Crippen LogP contribution in [0.5, 0.6) is 5.75 Å². The van der Waals surface area contributed by atoms with Gasteiger partial charge in [0.15, 0.2) is 15.0 Å². The van der Waals surface area contributed by atoms with Crippen LogP contribution in [-0.2, 0) is 14.6 Å². The minimum Gasteiger partial charge on any atom is -0.494 e. The highest BCUT2D eigenvalue weighted by molar-refractivity contribution is 7.91. The number of aryl methyl sites for hydroxylation is 1. The summed E-state index contributed by atoms with van der Waals surface area (Å²) in [7, 11) is -2.00. The number of fused-ring (bicyclic) bond motifs is 1. The number of hydrogen-bond donors (Lipinski definition) is 1. The maximum absolute atomic E-state index is 12.3. The predicted molar refractivity (Wildman–Crippen MR) is 108 cm³/mol. The number of amides is 1. The van der Waals surface area contributed by atoms with E-state index in [0.29, 0.717) is 26.1 Å². The van der Waals surface area contributed by atoms with E-state index in [1.54, 1.807) is 36.4 Å². The number of methoxy groups -OCH3 is 1. The number of anilines is 1. The maximum Gasteiger partial charge on any atom is 0.227 e. The van der Waals surface area contributed by atoms with Crippen molar-refractivity contribution in [1.29, 1.82) is 0 Å². The number of aromatic nitrogens is 1. The molecule has 2 aromatic carbocycles. The molecular weight excluding hydrogens is 408 g/mol. The minimum atomic E-state index is -3.53. The molecule has 6 nitrogen and oxygen atoms in total. The molecule has 0 saturated carbocycles. The molecule has 1 heterocycles. The number of benzene rings is 2. The van der Waals surface area contributed by atoms with Gasteiger partial charge in [0.2, 0.25) is 5.91 Å². The van der Waals surface area contributed by atoms with Gasteiger partial charge >= 0.3 is 0 Å². The summed E-state index contributed by atoms with van der Waals surface area (Å²) >= 11 is 7.37. The van der Waals surface area contributed by atoms with Crippen molar-refractivity contribution >= 4 is 54.0 Å². The first-order valence-electron chi connectivity index (χ1n) is 8.02. The van der Waals surface area contributed by atoms with E-state index < -0.39 is 15.7 Å². The van der Waals surface area contributed by atoms with Crippen molar-refractivity contribution in [2.75, 3.05) is 18.2 Å². The third-order valence-corrected chi connectivity index (χ3v) is 7.07. The van der Waals surface area contributed by atoms with Crippen LogP contribution in [-0.4, -0.2) is 32.2 Å². The summed E-state index contributed by atoms with van der Waals surface area (Å²) in [6.45, 7) is 1.88. The molecule has 3 rings (SSSR count). The Bertz CT molecular complexity index is 1090. The molecule has 27 heavy (non-hydrogen) atoms. The number of carbonyl (C=O) groups excluding carboxylic acids is 1. The molecule has 0 aliphatic heterocycles. The Morgan fingerprint density at radius 3 is 2.59 bits per heavy atom. The van der Waals surface area contributed by atoms with Crippen LogP contribution in [0.25, 0.3) is 10.2 Å². The minimum absolute atomic E-state index is 0.170. The summed E-state index contributed by atoms with van der Waals surface area (Å²) in [5, 5.41) is 3.48. The molecule has 0 aliphatic rings. The summed E-state index contributed by atoms with van der Waals surface area (Å²) in [6.07, 6.45) is -0.170. The molecule has 0 unspecified atom stereocenters. The Kier molecular flexibility index (Phi) is 5.69. The second-order valence-electron chi connectivity index (χ2n) is 5.88. The van der Waals surface area contributed by atoms with Crippen molar-refractivity contribution < 1.29 is 17.9 Å². The third-order valence-electron chi connectivity index (χ3n) is 3.90. The molecule has 1 aromatic heterocycles. The number of carbonyl (C=O) groups is 1. The molecule has 3 aromatic rings. The topological polar surface area (TPSA) is 85.4 Å². The van der Waals surface area contributed by atoms with E-state index in [4.69, 9.17) is 16.3 Å². The molecule has 1 N–H and O–H groups in total. The van der Waals surface area contributed by atoms with Gasteiger partial charge in [0.05, 0.1) is 27.5 Å². The van der Waals surface area contributed by atoms with E-state index in [9.17, 15) is 13.2 Å². The average Bonchev–Trinajstić information content (AvgIpc) is 3.05. The zero-order valence-electron chi connectivity index (χ0n) is 14.7. The van der Waals surface area contributed by atoms with Crippen molar-refractivity contribution in [3.05, 3.63) is 47.0 Å². The smallest absolute Gasteiger partial charge is 0.227 e. The summed E-state index contributed by atoms with van der Waals surface area (Å²) in [5.74, 6) is -0.162. The highest BCUT2D eigenvalue weighted by atomic mass is 35.5. The number of sulfone groups is 1. The molecule has 0 saturated heterocycles. The lowest BCUT2D eigenvalue weighted by molar-refractivity contribution is -0.115. The van der Waals surface area contributed by atoms with Gasteiger partial charge < -0.3 is 10.1 Å². The first-order chi connectivity index (χ1) is 12.8. The van der Waals surface area contributed by atoms with E-state index >= 15 is 0 Å². The van der Waals surface area contributed by atoms with Gasteiger partial charge in [-0.1, -0.05) is 40.6 Å². The van der Waals surface area contributed by atoms with Crippen LogP contribution >= 0.6 is 22.9 Å². The number of hydrogen-bond acceptors (Lipinski definition) is 6. The van der Waals surface area contributed by atoms with Gasteiger partial charge in [-0.05, 0) is 31.2 Å². The molecule has 0 fully saturated rings. The van der Waals surface area contributed by atoms with Gasteiger partial charge in [-0.2, -0.15) is 0 Å². The fraction of sp³-hybridized carbons (Fsp3) is 0.222. The van der Waals surface area contributed by atoms with E-state index in [0.717, 1.165) is 5.56 Å². The largest absolute Gasteiger partial charge is 0.494 e. The van der Waals surface area contributed by atoms with Gasteiger partial charge in [0, 0.05) is 6.42 Å². The lowest BCUT2D eigenvalue weighted by Crippen LogP contribution is -2.17. The number of halogens is 1. The standard InChI is InChI=1S/C18H17ClN2O4S2/c1-11-3-5-12(6-4-11)27(23,24)10-9-15(22)20-18-21-16-14(25-2)8-7-13(19)17(16)26-18/h3-8H,9-10H2,1-2H3,(H,20,21,22). The number of nitrogens with zero attached hydrogens (tertiary/aromatic N) is 1. The van der Waals surface area contributed by atoms with Crippen LogP contribution in [0.1, 0.15) is 12.0 Å². The first kappa shape index (κ1) is 19.6. The highest BCUT2D eigenvalue weighted by Crippen LogP contribution is 2.37. The summed E-state index contributed by atoms with van der Waals surface area (Å²) in [6, 6.07) is 9.94. The van der Waals surface area contributed by atoms with Gasteiger partial charge in [0.25, 0.3) is 0 Å². The summed E-state index contributed by atoms with van der Waals surface area (Å²) < 4.78 is 30.6. The Morgan fingerprint density at radius 2 is 1.93 bits per heavy atom. The van der Waals surface area contributed by atoms with E-state index in [2.05, 4.69) is 10.3 Å². The molecular formula is C18H17ClN2O4S2. The quantitative estimate of drug-likeness (QED) is 0.644. The van der Waals surface area contributed by atoms with Crippen molar-refractivity contribution in [1.82, 2.24) is 4.98 Å². The fourth-order valence-corrected chi connectivity index (χ4v) is 4.86. The molecule has 0 aliphatic carbocycles. The van der Waals surface area contributed by atoms with Crippen LogP contribution in [0.15, 0.2) is 41.3 Å². The van der Waals surface area contributed by atoms with Gasteiger partial charge in [-0.25, -0.2) is 13.4 Å². The molecule has 1 amide bonds. The van der Waals surface area contributed by atoms with Crippen LogP contribution in [0.3, 0.4) is 0 Å². The molecule has 9 heteroatoms. The maximum atomic E-state index is 12.3. The highest BCUT2D eigenvalue weighted by Gasteiger charge is 2.18. The van der Waals surface area contributed by atoms with E-state index in [1.165, 1.54) is 18.4 Å². The Balaban J connectivity index is 1.70. The van der Waals surface area contributed by atoms with Gasteiger partial charge in [-0.3, -0.25) is 4.79 Å². The Morgan fingerprint density at radius 1 is 1.22 bits per heavy atom. The van der Waals surface area contributed by atoms with E-state index in [-0.39, 0.29) is 17.1 Å². The number of rotatable bonds is 6.